The van der Waals surface area contributed by atoms with E-state index < -0.39 is 0 Å². The molecule has 2 aromatic heterocycles. The van der Waals surface area contributed by atoms with Crippen molar-refractivity contribution in [3.8, 4) is 16.9 Å². The fraction of sp³-hybridized carbons (Fsp3) is 0.320. The van der Waals surface area contributed by atoms with Crippen LogP contribution in [0.5, 0.6) is 5.75 Å². The van der Waals surface area contributed by atoms with E-state index in [2.05, 4.69) is 9.88 Å². The molecule has 4 aromatic rings. The first kappa shape index (κ1) is 26.4. The Balaban J connectivity index is 0.00000162. The Hall–Kier alpha value is -2.16. The first-order chi connectivity index (χ1) is 15.6. The highest BCUT2D eigenvalue weighted by Gasteiger charge is 2.21. The molecule has 0 bridgehead atoms. The smallest absolute Gasteiger partial charge is 0.266 e. The van der Waals surface area contributed by atoms with Crippen molar-refractivity contribution >= 4 is 57.1 Å². The quantitative estimate of drug-likeness (QED) is 0.358. The third-order valence-electron chi connectivity index (χ3n) is 6.55. The van der Waals surface area contributed by atoms with Crippen molar-refractivity contribution in [2.24, 2.45) is 11.7 Å². The summed E-state index contributed by atoms with van der Waals surface area (Å²) in [5.74, 6) is 0.999. The van der Waals surface area contributed by atoms with Crippen LogP contribution in [0.25, 0.3) is 32.1 Å². The van der Waals surface area contributed by atoms with E-state index in [1.165, 1.54) is 11.3 Å². The van der Waals surface area contributed by atoms with Crippen molar-refractivity contribution in [3.05, 3.63) is 63.5 Å². The van der Waals surface area contributed by atoms with E-state index in [9.17, 15) is 4.79 Å². The topological polar surface area (TPSA) is 71.4 Å². The number of H-pyrrole nitrogens is 1. The average Bonchev–Trinajstić information content (AvgIpc) is 3.31. The summed E-state index contributed by atoms with van der Waals surface area (Å²) in [6, 6.07) is 11.0. The fourth-order valence-corrected chi connectivity index (χ4v) is 5.53. The number of pyridine rings is 1. The van der Waals surface area contributed by atoms with E-state index in [0.29, 0.717) is 34.0 Å². The number of piperidine rings is 1. The molecule has 5 nitrogen and oxygen atoms in total. The lowest BCUT2D eigenvalue weighted by molar-refractivity contribution is 0.178. The summed E-state index contributed by atoms with van der Waals surface area (Å²) < 4.78 is 21.5. The molecule has 3 heterocycles. The van der Waals surface area contributed by atoms with Crippen molar-refractivity contribution < 1.29 is 9.13 Å². The zero-order valence-electron chi connectivity index (χ0n) is 18.8. The van der Waals surface area contributed by atoms with Crippen LogP contribution in [-0.2, 0) is 6.54 Å². The second kappa shape index (κ2) is 11.1. The van der Waals surface area contributed by atoms with Gasteiger partial charge in [-0.1, -0.05) is 12.1 Å². The Morgan fingerprint density at radius 3 is 2.62 bits per heavy atom. The van der Waals surface area contributed by atoms with Gasteiger partial charge in [0.1, 0.15) is 16.3 Å². The second-order valence-electron chi connectivity index (χ2n) is 8.44. The Morgan fingerprint density at radius 1 is 1.18 bits per heavy atom. The van der Waals surface area contributed by atoms with Crippen LogP contribution in [0, 0.1) is 11.7 Å². The lowest BCUT2D eigenvalue weighted by Crippen LogP contribution is -2.35. The zero-order chi connectivity index (χ0) is 22.2. The molecule has 0 amide bonds. The number of ether oxygens (including phenoxy) is 1. The molecule has 34 heavy (non-hydrogen) atoms. The summed E-state index contributed by atoms with van der Waals surface area (Å²) in [4.78, 5) is 17.7. The lowest BCUT2D eigenvalue weighted by atomic mass is 9.95. The molecule has 0 radical (unpaired) electrons. The van der Waals surface area contributed by atoms with Crippen molar-refractivity contribution in [1.82, 2.24) is 9.88 Å². The van der Waals surface area contributed by atoms with Gasteiger partial charge >= 0.3 is 0 Å². The maximum Gasteiger partial charge on any atom is 0.266 e. The van der Waals surface area contributed by atoms with Crippen molar-refractivity contribution in [2.45, 2.75) is 19.4 Å². The van der Waals surface area contributed by atoms with E-state index in [1.807, 2.05) is 35.7 Å². The molecule has 1 aliphatic heterocycles. The van der Waals surface area contributed by atoms with Gasteiger partial charge in [-0.3, -0.25) is 9.69 Å². The van der Waals surface area contributed by atoms with Gasteiger partial charge in [0.2, 0.25) is 0 Å². The van der Waals surface area contributed by atoms with E-state index in [1.54, 1.807) is 13.2 Å². The van der Waals surface area contributed by atoms with Crippen LogP contribution in [0.3, 0.4) is 0 Å². The van der Waals surface area contributed by atoms with Crippen LogP contribution in [0.1, 0.15) is 18.4 Å². The van der Waals surface area contributed by atoms with E-state index in [4.69, 9.17) is 10.5 Å². The third-order valence-corrected chi connectivity index (χ3v) is 7.47. The molecular formula is C25H28Cl2FN3O2S. The Bertz CT molecular complexity index is 1350. The number of nitrogens with one attached hydrogen (secondary N) is 1. The molecule has 9 heteroatoms. The van der Waals surface area contributed by atoms with Gasteiger partial charge in [0.25, 0.3) is 5.56 Å². The Morgan fingerprint density at radius 2 is 1.94 bits per heavy atom. The standard InChI is InChI=1S/C25H26FN3O2S.2ClH/c1-31-21-5-4-20-23(18-8-11-32-24(18)25(30)28-20)22(21)16-2-3-17(19(26)12-16)14-29-9-6-15(13-27)7-10-29;;/h2-5,8,11-12,15H,6-7,9-10,13-14,27H2,1H3,(H,28,30);2*1H. The SMILES string of the molecule is COc1ccc2[nH]c(=O)c3sccc3c2c1-c1ccc(CN2CCC(CN)CC2)c(F)c1.Cl.Cl. The van der Waals surface area contributed by atoms with Gasteiger partial charge in [-0.2, -0.15) is 0 Å². The van der Waals surface area contributed by atoms with Crippen molar-refractivity contribution in [2.75, 3.05) is 26.7 Å². The zero-order valence-corrected chi connectivity index (χ0v) is 21.3. The second-order valence-corrected chi connectivity index (χ2v) is 9.36. The van der Waals surface area contributed by atoms with Gasteiger partial charge in [0.05, 0.1) is 7.11 Å². The monoisotopic (exact) mass is 523 g/mol. The number of rotatable bonds is 5. The maximum atomic E-state index is 15.2. The minimum atomic E-state index is -0.228. The predicted octanol–water partition coefficient (Wildman–Crippen LogP) is 5.57. The highest BCUT2D eigenvalue weighted by molar-refractivity contribution is 7.17. The molecule has 1 saturated heterocycles. The van der Waals surface area contributed by atoms with Crippen LogP contribution in [0.4, 0.5) is 4.39 Å². The van der Waals surface area contributed by atoms with Crippen LogP contribution in [0.2, 0.25) is 0 Å². The fourth-order valence-electron chi connectivity index (χ4n) is 4.74. The first-order valence-electron chi connectivity index (χ1n) is 10.9. The van der Waals surface area contributed by atoms with Gasteiger partial charge in [-0.15, -0.1) is 36.2 Å². The van der Waals surface area contributed by atoms with Crippen LogP contribution >= 0.6 is 36.2 Å². The third kappa shape index (κ3) is 4.81. The van der Waals surface area contributed by atoms with Gasteiger partial charge in [-0.25, -0.2) is 4.39 Å². The van der Waals surface area contributed by atoms with Crippen LogP contribution in [0.15, 0.2) is 46.6 Å². The molecular weight excluding hydrogens is 496 g/mol. The highest BCUT2D eigenvalue weighted by Crippen LogP contribution is 2.40. The normalized spacial score (nSPS) is 14.7. The van der Waals surface area contributed by atoms with E-state index in [0.717, 1.165) is 54.4 Å². The number of aromatic amines is 1. The molecule has 3 N–H and O–H groups in total. The number of likely N-dealkylation sites (tertiary alicyclic amines) is 1. The molecule has 182 valence electrons. The van der Waals surface area contributed by atoms with Crippen molar-refractivity contribution in [3.63, 3.8) is 0 Å². The number of nitrogens with two attached hydrogens (primary N) is 1. The molecule has 1 fully saturated rings. The molecule has 2 aromatic carbocycles. The molecule has 0 aliphatic carbocycles. The number of hydrogen-bond acceptors (Lipinski definition) is 5. The molecule has 0 spiro atoms. The van der Waals surface area contributed by atoms with E-state index in [-0.39, 0.29) is 36.2 Å². The Labute approximate surface area is 213 Å². The number of hydrogen-bond donors (Lipinski definition) is 2. The average molecular weight is 524 g/mol. The first-order valence-corrected chi connectivity index (χ1v) is 11.8. The maximum absolute atomic E-state index is 15.2. The summed E-state index contributed by atoms with van der Waals surface area (Å²) in [6.45, 7) is 3.22. The number of thiophene rings is 1. The summed E-state index contributed by atoms with van der Waals surface area (Å²) in [6.07, 6.45) is 2.14. The summed E-state index contributed by atoms with van der Waals surface area (Å²) in [5.41, 5.74) is 8.60. The predicted molar refractivity (Wildman–Crippen MR) is 143 cm³/mol. The highest BCUT2D eigenvalue weighted by atomic mass is 35.5. The minimum Gasteiger partial charge on any atom is -0.496 e. The largest absolute Gasteiger partial charge is 0.496 e. The number of methoxy groups -OCH3 is 1. The van der Waals surface area contributed by atoms with Gasteiger partial charge < -0.3 is 15.5 Å². The Kier molecular flexibility index (Phi) is 8.60. The van der Waals surface area contributed by atoms with Gasteiger partial charge in [0.15, 0.2) is 0 Å². The molecule has 1 aliphatic rings. The minimum absolute atomic E-state index is 0. The molecule has 0 unspecified atom stereocenters. The van der Waals surface area contributed by atoms with Crippen LogP contribution in [-0.4, -0.2) is 36.6 Å². The number of halogens is 3. The molecule has 5 rings (SSSR count). The number of fused-ring (bicyclic) bond motifs is 3. The number of benzene rings is 2. The summed E-state index contributed by atoms with van der Waals surface area (Å²) >= 11 is 1.40. The number of nitrogens with zero attached hydrogens (tertiary/aromatic N) is 1. The number of aromatic nitrogens is 1. The molecule has 0 saturated carbocycles. The van der Waals surface area contributed by atoms with Gasteiger partial charge in [0, 0.05) is 34.0 Å². The van der Waals surface area contributed by atoms with E-state index >= 15 is 4.39 Å². The lowest BCUT2D eigenvalue weighted by Gasteiger charge is -2.31. The summed E-state index contributed by atoms with van der Waals surface area (Å²) in [7, 11) is 1.61. The van der Waals surface area contributed by atoms with Gasteiger partial charge in [-0.05, 0) is 73.6 Å². The van der Waals surface area contributed by atoms with Crippen LogP contribution < -0.4 is 16.0 Å². The summed E-state index contributed by atoms with van der Waals surface area (Å²) in [5, 5.41) is 3.63. The van der Waals surface area contributed by atoms with Crippen molar-refractivity contribution in [1.29, 1.82) is 0 Å². The molecule has 0 atom stereocenters.